The standard InChI is InChI=1S/C20H32O2/c1-14(9-11-21)8-10-20(5)15(2)6-7-17-18(20)12-16(22)13-19(17,3)4/h9,12,15,17,21H,6-8,10-11,13H2,1-5H3/b14-9+/t15-,17+,20+/m1/s1. The fourth-order valence-electron chi connectivity index (χ4n) is 4.55. The van der Waals surface area contributed by atoms with E-state index >= 15 is 0 Å². The highest BCUT2D eigenvalue weighted by Crippen LogP contribution is 2.57. The largest absolute Gasteiger partial charge is 0.392 e. The molecule has 0 aromatic heterocycles. The van der Waals surface area contributed by atoms with Crippen LogP contribution in [0, 0.1) is 22.7 Å². The molecule has 1 saturated carbocycles. The number of fused-ring (bicyclic) bond motifs is 1. The molecule has 2 aliphatic rings. The summed E-state index contributed by atoms with van der Waals surface area (Å²) in [5, 5.41) is 9.05. The summed E-state index contributed by atoms with van der Waals surface area (Å²) >= 11 is 0. The summed E-state index contributed by atoms with van der Waals surface area (Å²) in [5.41, 5.74) is 2.86. The molecule has 0 heterocycles. The molecule has 0 unspecified atom stereocenters. The second-order valence-corrected chi connectivity index (χ2v) is 8.41. The monoisotopic (exact) mass is 304 g/mol. The van der Waals surface area contributed by atoms with Gasteiger partial charge in [0.25, 0.3) is 0 Å². The van der Waals surface area contributed by atoms with Crippen molar-refractivity contribution in [2.45, 2.75) is 66.7 Å². The molecule has 0 amide bonds. The maximum absolute atomic E-state index is 12.2. The van der Waals surface area contributed by atoms with E-state index in [4.69, 9.17) is 5.11 Å². The van der Waals surface area contributed by atoms with Gasteiger partial charge in [0.15, 0.2) is 5.78 Å². The van der Waals surface area contributed by atoms with E-state index in [1.165, 1.54) is 24.0 Å². The molecule has 0 aromatic rings. The topological polar surface area (TPSA) is 37.3 Å². The lowest BCUT2D eigenvalue weighted by atomic mass is 9.52. The van der Waals surface area contributed by atoms with Crippen LogP contribution in [-0.4, -0.2) is 17.5 Å². The lowest BCUT2D eigenvalue weighted by Gasteiger charge is -2.52. The Morgan fingerprint density at radius 2 is 2.05 bits per heavy atom. The summed E-state index contributed by atoms with van der Waals surface area (Å²) in [5.74, 6) is 1.46. The van der Waals surface area contributed by atoms with Crippen molar-refractivity contribution >= 4 is 5.78 Å². The molecule has 0 aliphatic heterocycles. The molecule has 0 radical (unpaired) electrons. The molecular formula is C20H32O2. The summed E-state index contributed by atoms with van der Waals surface area (Å²) in [6.07, 6.45) is 9.11. The van der Waals surface area contributed by atoms with E-state index in [2.05, 4.69) is 34.6 Å². The Balaban J connectivity index is 2.31. The number of carbonyl (C=O) groups excluding carboxylic acids is 1. The van der Waals surface area contributed by atoms with Gasteiger partial charge < -0.3 is 5.11 Å². The van der Waals surface area contributed by atoms with Crippen molar-refractivity contribution in [3.63, 3.8) is 0 Å². The quantitative estimate of drug-likeness (QED) is 0.765. The zero-order valence-corrected chi connectivity index (χ0v) is 14.9. The van der Waals surface area contributed by atoms with Gasteiger partial charge in [0, 0.05) is 6.42 Å². The Bertz CT molecular complexity index is 498. The highest BCUT2D eigenvalue weighted by atomic mass is 16.2. The van der Waals surface area contributed by atoms with Gasteiger partial charge in [0.05, 0.1) is 6.61 Å². The molecule has 1 N–H and O–H groups in total. The summed E-state index contributed by atoms with van der Waals surface area (Å²) < 4.78 is 0. The molecular weight excluding hydrogens is 272 g/mol. The summed E-state index contributed by atoms with van der Waals surface area (Å²) in [6, 6.07) is 0. The number of ketones is 1. The fourth-order valence-corrected chi connectivity index (χ4v) is 4.55. The van der Waals surface area contributed by atoms with E-state index in [9.17, 15) is 4.79 Å². The lowest BCUT2D eigenvalue weighted by Crippen LogP contribution is -2.44. The van der Waals surface area contributed by atoms with Gasteiger partial charge >= 0.3 is 0 Å². The molecule has 22 heavy (non-hydrogen) atoms. The van der Waals surface area contributed by atoms with Crippen LogP contribution < -0.4 is 0 Å². The smallest absolute Gasteiger partial charge is 0.156 e. The maximum Gasteiger partial charge on any atom is 0.156 e. The number of aliphatic hydroxyl groups excluding tert-OH is 1. The minimum atomic E-state index is 0.0958. The highest BCUT2D eigenvalue weighted by Gasteiger charge is 2.49. The molecule has 0 saturated heterocycles. The molecule has 124 valence electrons. The molecule has 2 nitrogen and oxygen atoms in total. The third-order valence-electron chi connectivity index (χ3n) is 6.38. The summed E-state index contributed by atoms with van der Waals surface area (Å²) in [4.78, 5) is 12.2. The van der Waals surface area contributed by atoms with Gasteiger partial charge in [-0.3, -0.25) is 4.79 Å². The van der Waals surface area contributed by atoms with Crippen molar-refractivity contribution in [1.29, 1.82) is 0 Å². The Kier molecular flexibility index (Phi) is 5.01. The Morgan fingerprint density at radius 3 is 2.68 bits per heavy atom. The van der Waals surface area contributed by atoms with E-state index in [1.807, 2.05) is 12.2 Å². The minimum absolute atomic E-state index is 0.0958. The van der Waals surface area contributed by atoms with Crippen LogP contribution in [0.2, 0.25) is 0 Å². The normalized spacial score (nSPS) is 35.1. The van der Waals surface area contributed by atoms with Crippen LogP contribution in [0.4, 0.5) is 0 Å². The van der Waals surface area contributed by atoms with Gasteiger partial charge in [-0.25, -0.2) is 0 Å². The first-order valence-corrected chi connectivity index (χ1v) is 8.72. The van der Waals surface area contributed by atoms with Crippen molar-refractivity contribution in [1.82, 2.24) is 0 Å². The van der Waals surface area contributed by atoms with Gasteiger partial charge in [-0.05, 0) is 61.3 Å². The average Bonchev–Trinajstić information content (AvgIpc) is 2.41. The Labute approximate surface area is 135 Å². The van der Waals surface area contributed by atoms with Crippen LogP contribution in [0.15, 0.2) is 23.3 Å². The third kappa shape index (κ3) is 3.22. The van der Waals surface area contributed by atoms with Gasteiger partial charge in [-0.15, -0.1) is 0 Å². The van der Waals surface area contributed by atoms with Crippen LogP contribution >= 0.6 is 0 Å². The van der Waals surface area contributed by atoms with Crippen LogP contribution in [0.3, 0.4) is 0 Å². The number of carbonyl (C=O) groups is 1. The predicted molar refractivity (Wildman–Crippen MR) is 91.6 cm³/mol. The summed E-state index contributed by atoms with van der Waals surface area (Å²) in [6.45, 7) is 11.4. The molecule has 3 atom stereocenters. The number of hydrogen-bond acceptors (Lipinski definition) is 2. The molecule has 2 rings (SSSR count). The SMILES string of the molecule is C/C(=C\CO)CC[C@]1(C)C2=CC(=O)CC(C)(C)[C@H]2CC[C@H]1C. The maximum atomic E-state index is 12.2. The second-order valence-electron chi connectivity index (χ2n) is 8.41. The van der Waals surface area contributed by atoms with Crippen molar-refractivity contribution in [3.8, 4) is 0 Å². The fraction of sp³-hybridized carbons (Fsp3) is 0.750. The second kappa shape index (κ2) is 6.31. The van der Waals surface area contributed by atoms with E-state index in [-0.39, 0.29) is 17.4 Å². The van der Waals surface area contributed by atoms with Gasteiger partial charge in [0.2, 0.25) is 0 Å². The molecule has 0 bridgehead atoms. The van der Waals surface area contributed by atoms with Crippen LogP contribution in [-0.2, 0) is 4.79 Å². The number of rotatable bonds is 4. The van der Waals surface area contributed by atoms with E-state index < -0.39 is 0 Å². The van der Waals surface area contributed by atoms with Crippen LogP contribution in [0.5, 0.6) is 0 Å². The number of allylic oxidation sites excluding steroid dienone is 3. The number of aliphatic hydroxyl groups is 1. The first-order chi connectivity index (χ1) is 10.2. The minimum Gasteiger partial charge on any atom is -0.392 e. The van der Waals surface area contributed by atoms with E-state index in [0.29, 0.717) is 24.0 Å². The molecule has 2 heteroatoms. The Hall–Kier alpha value is -0.890. The first-order valence-electron chi connectivity index (χ1n) is 8.72. The van der Waals surface area contributed by atoms with Crippen molar-refractivity contribution < 1.29 is 9.90 Å². The molecule has 0 aromatic carbocycles. The van der Waals surface area contributed by atoms with Crippen molar-refractivity contribution in [2.24, 2.45) is 22.7 Å². The first kappa shape index (κ1) is 17.5. The molecule has 2 aliphatic carbocycles. The Morgan fingerprint density at radius 1 is 1.36 bits per heavy atom. The van der Waals surface area contributed by atoms with Gasteiger partial charge in [-0.2, -0.15) is 0 Å². The number of hydrogen-bond donors (Lipinski definition) is 1. The average molecular weight is 304 g/mol. The summed E-state index contributed by atoms with van der Waals surface area (Å²) in [7, 11) is 0. The third-order valence-corrected chi connectivity index (χ3v) is 6.38. The van der Waals surface area contributed by atoms with Crippen LogP contribution in [0.1, 0.15) is 66.7 Å². The zero-order valence-electron chi connectivity index (χ0n) is 14.9. The highest BCUT2D eigenvalue weighted by molar-refractivity contribution is 5.92. The van der Waals surface area contributed by atoms with Gasteiger partial charge in [0.1, 0.15) is 0 Å². The van der Waals surface area contributed by atoms with Crippen LogP contribution in [0.25, 0.3) is 0 Å². The molecule has 1 fully saturated rings. The predicted octanol–water partition coefficient (Wildman–Crippen LogP) is 4.68. The van der Waals surface area contributed by atoms with E-state index in [0.717, 1.165) is 12.8 Å². The van der Waals surface area contributed by atoms with Gasteiger partial charge in [-0.1, -0.05) is 44.9 Å². The zero-order chi connectivity index (χ0) is 16.5. The van der Waals surface area contributed by atoms with E-state index in [1.54, 1.807) is 0 Å². The van der Waals surface area contributed by atoms with Crippen molar-refractivity contribution in [2.75, 3.05) is 6.61 Å². The van der Waals surface area contributed by atoms with Crippen molar-refractivity contribution in [3.05, 3.63) is 23.3 Å². The lowest BCUT2D eigenvalue weighted by molar-refractivity contribution is -0.118. The molecule has 0 spiro atoms.